The zero-order valence-corrected chi connectivity index (χ0v) is 21.6. The highest BCUT2D eigenvalue weighted by Crippen LogP contribution is 2.37. The fourth-order valence-electron chi connectivity index (χ4n) is 5.10. The van der Waals surface area contributed by atoms with Crippen molar-refractivity contribution < 1.29 is 0 Å². The van der Waals surface area contributed by atoms with Crippen molar-refractivity contribution in [1.29, 1.82) is 0 Å². The Morgan fingerprint density at radius 1 is 0.517 bits per heavy atom. The number of unbranched alkanes of at least 4 members (excludes halogenated alkanes) is 15. The zero-order chi connectivity index (χ0) is 21.0. The van der Waals surface area contributed by atoms with Crippen molar-refractivity contribution >= 4 is 8.07 Å². The maximum absolute atomic E-state index is 2.75. The van der Waals surface area contributed by atoms with Crippen LogP contribution in [0.4, 0.5) is 0 Å². The van der Waals surface area contributed by atoms with E-state index >= 15 is 0 Å². The van der Waals surface area contributed by atoms with Crippen molar-refractivity contribution in [2.75, 3.05) is 0 Å². The standard InChI is InChI=1S/C28H54Si/c1-4-7-10-13-16-19-23-28-24-22-27-29(28,25-20-17-14-11-8-5-2)26-21-18-15-12-9-6-3/h22,24,27H,4-21,23,25-26H2,1-3H3. The molecule has 0 unspecified atom stereocenters. The molecular formula is C28H54Si. The van der Waals surface area contributed by atoms with Gasteiger partial charge in [-0.1, -0.05) is 165 Å². The van der Waals surface area contributed by atoms with Gasteiger partial charge in [-0.3, -0.25) is 0 Å². The Balaban J connectivity index is 2.44. The quantitative estimate of drug-likeness (QED) is 0.128. The summed E-state index contributed by atoms with van der Waals surface area (Å²) in [5.41, 5.74) is 2.75. The Labute approximate surface area is 186 Å². The minimum atomic E-state index is -1.29. The molecule has 0 aliphatic carbocycles. The highest BCUT2D eigenvalue weighted by atomic mass is 28.3. The lowest BCUT2D eigenvalue weighted by atomic mass is 10.1. The molecule has 0 radical (unpaired) electrons. The molecule has 0 spiro atoms. The predicted molar refractivity (Wildman–Crippen MR) is 137 cm³/mol. The maximum Gasteiger partial charge on any atom is 0.105 e. The summed E-state index contributed by atoms with van der Waals surface area (Å²) >= 11 is 0. The molecule has 1 heteroatoms. The Bertz CT molecular complexity index is 404. The van der Waals surface area contributed by atoms with E-state index in [1.165, 1.54) is 122 Å². The van der Waals surface area contributed by atoms with Gasteiger partial charge in [0.1, 0.15) is 8.07 Å². The summed E-state index contributed by atoms with van der Waals surface area (Å²) in [5, 5.41) is 1.93. The van der Waals surface area contributed by atoms with Crippen LogP contribution >= 0.6 is 0 Å². The zero-order valence-electron chi connectivity index (χ0n) is 20.6. The molecule has 1 heterocycles. The lowest BCUT2D eigenvalue weighted by molar-refractivity contribution is 0.606. The van der Waals surface area contributed by atoms with Crippen LogP contribution in [0.1, 0.15) is 143 Å². The Morgan fingerprint density at radius 2 is 0.931 bits per heavy atom. The average Bonchev–Trinajstić information content (AvgIpc) is 3.12. The first-order valence-electron chi connectivity index (χ1n) is 13.7. The molecule has 0 aromatic rings. The van der Waals surface area contributed by atoms with Crippen LogP contribution in [0.3, 0.4) is 0 Å². The molecular weight excluding hydrogens is 364 g/mol. The number of hydrogen-bond donors (Lipinski definition) is 0. The minimum Gasteiger partial charge on any atom is -0.0901 e. The smallest absolute Gasteiger partial charge is 0.0901 e. The number of hydrogen-bond acceptors (Lipinski definition) is 0. The largest absolute Gasteiger partial charge is 0.105 e. The van der Waals surface area contributed by atoms with E-state index in [0.717, 1.165) is 0 Å². The summed E-state index contributed by atoms with van der Waals surface area (Å²) in [7, 11) is -1.29. The lowest BCUT2D eigenvalue weighted by Gasteiger charge is -2.30. The van der Waals surface area contributed by atoms with Crippen molar-refractivity contribution in [2.24, 2.45) is 0 Å². The monoisotopic (exact) mass is 418 g/mol. The van der Waals surface area contributed by atoms with E-state index in [1.54, 1.807) is 12.1 Å². The Morgan fingerprint density at radius 3 is 1.41 bits per heavy atom. The molecule has 0 saturated heterocycles. The number of rotatable bonds is 21. The SMILES string of the molecule is CCCCCCCCC1=CC=C[Si]1(CCCCCCCC)CCCCCCCC. The summed E-state index contributed by atoms with van der Waals surface area (Å²) < 4.78 is 0. The van der Waals surface area contributed by atoms with E-state index in [9.17, 15) is 0 Å². The van der Waals surface area contributed by atoms with E-state index in [0.29, 0.717) is 0 Å². The van der Waals surface area contributed by atoms with Crippen molar-refractivity contribution in [1.82, 2.24) is 0 Å². The molecule has 0 aromatic carbocycles. The third kappa shape index (κ3) is 12.2. The minimum absolute atomic E-state index is 1.29. The summed E-state index contributed by atoms with van der Waals surface area (Å²) in [5.74, 6) is 0. The third-order valence-corrected chi connectivity index (χ3v) is 12.1. The van der Waals surface area contributed by atoms with E-state index in [1.807, 2.05) is 5.20 Å². The van der Waals surface area contributed by atoms with Gasteiger partial charge in [-0.25, -0.2) is 0 Å². The molecule has 1 aliphatic heterocycles. The highest BCUT2D eigenvalue weighted by Gasteiger charge is 2.34. The first-order valence-corrected chi connectivity index (χ1v) is 16.2. The van der Waals surface area contributed by atoms with Gasteiger partial charge in [-0.2, -0.15) is 0 Å². The van der Waals surface area contributed by atoms with Crippen LogP contribution in [0.2, 0.25) is 12.1 Å². The van der Waals surface area contributed by atoms with Crippen LogP contribution in [0, 0.1) is 0 Å². The van der Waals surface area contributed by atoms with Crippen LogP contribution < -0.4 is 0 Å². The van der Waals surface area contributed by atoms with Crippen molar-refractivity contribution in [3.63, 3.8) is 0 Å². The first-order chi connectivity index (χ1) is 14.3. The van der Waals surface area contributed by atoms with Crippen molar-refractivity contribution in [3.05, 3.63) is 23.0 Å². The Hall–Kier alpha value is -0.303. The molecule has 0 atom stereocenters. The summed E-state index contributed by atoms with van der Waals surface area (Å²) in [4.78, 5) is 0. The molecule has 0 bridgehead atoms. The van der Waals surface area contributed by atoms with Gasteiger partial charge in [0.25, 0.3) is 0 Å². The van der Waals surface area contributed by atoms with Crippen LogP contribution in [0.15, 0.2) is 23.0 Å². The Kier molecular flexibility index (Phi) is 17.0. The molecule has 1 rings (SSSR count). The second kappa shape index (κ2) is 18.5. The molecule has 1 aliphatic rings. The molecule has 0 aromatic heterocycles. The van der Waals surface area contributed by atoms with Gasteiger partial charge in [0, 0.05) is 0 Å². The summed E-state index contributed by atoms with van der Waals surface area (Å²) in [6.07, 6.45) is 32.4. The first kappa shape index (κ1) is 26.7. The molecule has 0 fully saturated rings. The van der Waals surface area contributed by atoms with Crippen LogP contribution in [0.5, 0.6) is 0 Å². The van der Waals surface area contributed by atoms with Gasteiger partial charge in [-0.15, -0.1) is 0 Å². The molecule has 29 heavy (non-hydrogen) atoms. The fraction of sp³-hybridized carbons (Fsp3) is 0.857. The lowest BCUT2D eigenvalue weighted by Crippen LogP contribution is -2.33. The van der Waals surface area contributed by atoms with E-state index in [-0.39, 0.29) is 0 Å². The fourth-order valence-corrected chi connectivity index (χ4v) is 9.87. The van der Waals surface area contributed by atoms with Crippen molar-refractivity contribution in [2.45, 2.75) is 155 Å². The van der Waals surface area contributed by atoms with Gasteiger partial charge in [-0.05, 0) is 12.8 Å². The second-order valence-corrected chi connectivity index (χ2v) is 14.0. The predicted octanol–water partition coefficient (Wildman–Crippen LogP) is 10.5. The third-order valence-electron chi connectivity index (χ3n) is 7.10. The van der Waals surface area contributed by atoms with Crippen LogP contribution in [-0.4, -0.2) is 8.07 Å². The van der Waals surface area contributed by atoms with Gasteiger partial charge in [0.2, 0.25) is 0 Å². The van der Waals surface area contributed by atoms with Crippen LogP contribution in [-0.2, 0) is 0 Å². The number of allylic oxidation sites excluding steroid dienone is 3. The average molecular weight is 419 g/mol. The summed E-state index contributed by atoms with van der Waals surface area (Å²) in [6, 6.07) is 3.10. The normalized spacial score (nSPS) is 15.2. The topological polar surface area (TPSA) is 0 Å². The van der Waals surface area contributed by atoms with Gasteiger partial charge >= 0.3 is 0 Å². The van der Waals surface area contributed by atoms with Gasteiger partial charge in [0.05, 0.1) is 0 Å². The molecule has 170 valence electrons. The molecule has 0 saturated carbocycles. The summed E-state index contributed by atoms with van der Waals surface area (Å²) in [6.45, 7) is 6.97. The van der Waals surface area contributed by atoms with Crippen molar-refractivity contribution in [3.8, 4) is 0 Å². The van der Waals surface area contributed by atoms with E-state index in [4.69, 9.17) is 0 Å². The molecule has 0 N–H and O–H groups in total. The van der Waals surface area contributed by atoms with E-state index in [2.05, 4.69) is 38.6 Å². The van der Waals surface area contributed by atoms with E-state index < -0.39 is 8.07 Å². The second-order valence-electron chi connectivity index (χ2n) is 9.76. The molecule has 0 nitrogen and oxygen atoms in total. The van der Waals surface area contributed by atoms with Gasteiger partial charge < -0.3 is 0 Å². The highest BCUT2D eigenvalue weighted by molar-refractivity contribution is 6.91. The van der Waals surface area contributed by atoms with Gasteiger partial charge in [0.15, 0.2) is 0 Å². The molecule has 0 amide bonds. The maximum atomic E-state index is 2.75. The van der Waals surface area contributed by atoms with Crippen LogP contribution in [0.25, 0.3) is 0 Å².